The van der Waals surface area contributed by atoms with E-state index in [-0.39, 0.29) is 6.03 Å². The first kappa shape index (κ1) is 17.5. The zero-order chi connectivity index (χ0) is 16.3. The highest BCUT2D eigenvalue weighted by Crippen LogP contribution is 2.08. The van der Waals surface area contributed by atoms with Crippen LogP contribution in [0.2, 0.25) is 0 Å². The number of urea groups is 1. The molecule has 0 aliphatic carbocycles. The summed E-state index contributed by atoms with van der Waals surface area (Å²) in [4.78, 5) is 18.2. The third-order valence-corrected chi connectivity index (χ3v) is 3.58. The van der Waals surface area contributed by atoms with Gasteiger partial charge in [-0.3, -0.25) is 4.90 Å². The third-order valence-electron chi connectivity index (χ3n) is 3.58. The van der Waals surface area contributed by atoms with Crippen molar-refractivity contribution in [3.05, 3.63) is 23.9 Å². The summed E-state index contributed by atoms with van der Waals surface area (Å²) in [6.45, 7) is 8.19. The summed E-state index contributed by atoms with van der Waals surface area (Å²) in [6, 6.07) is 3.55. The van der Waals surface area contributed by atoms with Crippen LogP contribution in [0.15, 0.2) is 18.3 Å². The second-order valence-corrected chi connectivity index (χ2v) is 5.35. The van der Waals surface area contributed by atoms with Crippen LogP contribution in [-0.4, -0.2) is 61.9 Å². The zero-order valence-electron chi connectivity index (χ0n) is 13.7. The van der Waals surface area contributed by atoms with E-state index in [9.17, 15) is 4.79 Å². The van der Waals surface area contributed by atoms with Crippen LogP contribution in [0.1, 0.15) is 18.9 Å². The van der Waals surface area contributed by atoms with Crippen LogP contribution in [0.3, 0.4) is 0 Å². The molecule has 2 N–H and O–H groups in total. The molecular formula is C16H26N4O3. The molecule has 1 aliphatic rings. The first-order valence-electron chi connectivity index (χ1n) is 8.17. The van der Waals surface area contributed by atoms with Gasteiger partial charge in [-0.25, -0.2) is 9.78 Å². The number of pyridine rings is 1. The molecule has 0 bridgehead atoms. The fourth-order valence-electron chi connectivity index (χ4n) is 2.36. The monoisotopic (exact) mass is 322 g/mol. The summed E-state index contributed by atoms with van der Waals surface area (Å²) in [5, 5.41) is 5.72. The van der Waals surface area contributed by atoms with Gasteiger partial charge in [0.25, 0.3) is 0 Å². The fourth-order valence-corrected chi connectivity index (χ4v) is 2.36. The average Bonchev–Trinajstić information content (AvgIpc) is 2.58. The Morgan fingerprint density at radius 1 is 1.39 bits per heavy atom. The molecule has 23 heavy (non-hydrogen) atoms. The van der Waals surface area contributed by atoms with Gasteiger partial charge in [0.1, 0.15) is 0 Å². The number of aromatic nitrogens is 1. The van der Waals surface area contributed by atoms with Gasteiger partial charge in [0.2, 0.25) is 5.88 Å². The Balaban J connectivity index is 1.58. The van der Waals surface area contributed by atoms with E-state index >= 15 is 0 Å². The van der Waals surface area contributed by atoms with E-state index in [1.807, 2.05) is 19.1 Å². The molecule has 0 unspecified atom stereocenters. The van der Waals surface area contributed by atoms with Crippen molar-refractivity contribution < 1.29 is 14.3 Å². The van der Waals surface area contributed by atoms with Crippen LogP contribution >= 0.6 is 0 Å². The van der Waals surface area contributed by atoms with E-state index in [0.29, 0.717) is 25.6 Å². The van der Waals surface area contributed by atoms with Gasteiger partial charge in [-0.05, 0) is 31.5 Å². The number of hydrogen-bond donors (Lipinski definition) is 2. The van der Waals surface area contributed by atoms with Crippen LogP contribution in [0.25, 0.3) is 0 Å². The van der Waals surface area contributed by atoms with E-state index in [0.717, 1.165) is 44.8 Å². The van der Waals surface area contributed by atoms with Crippen LogP contribution in [0.5, 0.6) is 5.88 Å². The van der Waals surface area contributed by atoms with Crippen LogP contribution in [-0.2, 0) is 11.3 Å². The van der Waals surface area contributed by atoms with Crippen molar-refractivity contribution in [1.29, 1.82) is 0 Å². The maximum Gasteiger partial charge on any atom is 0.315 e. The van der Waals surface area contributed by atoms with Gasteiger partial charge >= 0.3 is 6.03 Å². The number of nitrogens with zero attached hydrogens (tertiary/aromatic N) is 2. The highest BCUT2D eigenvalue weighted by molar-refractivity contribution is 5.73. The summed E-state index contributed by atoms with van der Waals surface area (Å²) >= 11 is 0. The molecule has 0 saturated carbocycles. The Labute approximate surface area is 137 Å². The lowest BCUT2D eigenvalue weighted by molar-refractivity contribution is 0.0375. The Morgan fingerprint density at radius 3 is 3.00 bits per heavy atom. The predicted molar refractivity (Wildman–Crippen MR) is 87.5 cm³/mol. The molecule has 2 amide bonds. The minimum absolute atomic E-state index is 0.151. The standard InChI is InChI=1S/C16H26N4O3/c1-2-23-15-12-14(4-6-17-15)13-19-16(21)18-5-3-7-20-8-10-22-11-9-20/h4,6,12H,2-3,5,7-11,13H2,1H3,(H2,18,19,21). The van der Waals surface area contributed by atoms with E-state index in [1.165, 1.54) is 0 Å². The van der Waals surface area contributed by atoms with Gasteiger partial charge in [0.05, 0.1) is 19.8 Å². The van der Waals surface area contributed by atoms with Crippen molar-refractivity contribution >= 4 is 6.03 Å². The molecule has 7 heteroatoms. The molecule has 128 valence electrons. The molecule has 1 aromatic heterocycles. The number of morpholine rings is 1. The maximum atomic E-state index is 11.8. The van der Waals surface area contributed by atoms with E-state index in [2.05, 4.69) is 20.5 Å². The van der Waals surface area contributed by atoms with Crippen LogP contribution in [0, 0.1) is 0 Å². The Morgan fingerprint density at radius 2 is 2.22 bits per heavy atom. The summed E-state index contributed by atoms with van der Waals surface area (Å²) in [5.74, 6) is 0.581. The lowest BCUT2D eigenvalue weighted by Gasteiger charge is -2.26. The number of carbonyl (C=O) groups is 1. The molecule has 0 aromatic carbocycles. The Kier molecular flexibility index (Phi) is 7.62. The van der Waals surface area contributed by atoms with Gasteiger partial charge in [-0.1, -0.05) is 0 Å². The Hall–Kier alpha value is -1.86. The second-order valence-electron chi connectivity index (χ2n) is 5.35. The van der Waals surface area contributed by atoms with E-state index in [4.69, 9.17) is 9.47 Å². The van der Waals surface area contributed by atoms with Crippen molar-refractivity contribution in [3.8, 4) is 5.88 Å². The first-order valence-corrected chi connectivity index (χ1v) is 8.17. The van der Waals surface area contributed by atoms with Gasteiger partial charge in [0, 0.05) is 38.4 Å². The van der Waals surface area contributed by atoms with E-state index < -0.39 is 0 Å². The number of nitrogens with one attached hydrogen (secondary N) is 2. The third kappa shape index (κ3) is 6.83. The quantitative estimate of drug-likeness (QED) is 0.699. The number of carbonyl (C=O) groups excluding carboxylic acids is 1. The summed E-state index contributed by atoms with van der Waals surface area (Å²) < 4.78 is 10.6. The van der Waals surface area contributed by atoms with Crippen molar-refractivity contribution in [2.75, 3.05) is 46.0 Å². The van der Waals surface area contributed by atoms with Gasteiger partial charge in [0.15, 0.2) is 0 Å². The number of amides is 2. The van der Waals surface area contributed by atoms with Crippen LogP contribution in [0.4, 0.5) is 4.79 Å². The molecular weight excluding hydrogens is 296 g/mol. The molecule has 1 saturated heterocycles. The lowest BCUT2D eigenvalue weighted by atomic mass is 10.2. The van der Waals surface area contributed by atoms with Crippen molar-refractivity contribution in [2.45, 2.75) is 19.9 Å². The van der Waals surface area contributed by atoms with Gasteiger partial charge in [-0.15, -0.1) is 0 Å². The summed E-state index contributed by atoms with van der Waals surface area (Å²) in [6.07, 6.45) is 2.62. The predicted octanol–water partition coefficient (Wildman–Crippen LogP) is 1.00. The lowest BCUT2D eigenvalue weighted by Crippen LogP contribution is -2.39. The zero-order valence-corrected chi connectivity index (χ0v) is 13.7. The molecule has 1 aliphatic heterocycles. The van der Waals surface area contributed by atoms with Crippen molar-refractivity contribution in [1.82, 2.24) is 20.5 Å². The highest BCUT2D eigenvalue weighted by atomic mass is 16.5. The average molecular weight is 322 g/mol. The second kappa shape index (κ2) is 10.0. The molecule has 2 heterocycles. The highest BCUT2D eigenvalue weighted by Gasteiger charge is 2.09. The fraction of sp³-hybridized carbons (Fsp3) is 0.625. The number of hydrogen-bond acceptors (Lipinski definition) is 5. The molecule has 0 radical (unpaired) electrons. The largest absolute Gasteiger partial charge is 0.478 e. The maximum absolute atomic E-state index is 11.8. The first-order chi connectivity index (χ1) is 11.3. The minimum Gasteiger partial charge on any atom is -0.478 e. The molecule has 0 atom stereocenters. The molecule has 7 nitrogen and oxygen atoms in total. The van der Waals surface area contributed by atoms with E-state index in [1.54, 1.807) is 6.20 Å². The molecule has 2 rings (SSSR count). The molecule has 0 spiro atoms. The Bertz CT molecular complexity index is 478. The molecule has 1 fully saturated rings. The number of ether oxygens (including phenoxy) is 2. The topological polar surface area (TPSA) is 75.7 Å². The summed E-state index contributed by atoms with van der Waals surface area (Å²) in [7, 11) is 0. The van der Waals surface area contributed by atoms with Crippen molar-refractivity contribution in [3.63, 3.8) is 0 Å². The molecule has 1 aromatic rings. The SMILES string of the molecule is CCOc1cc(CNC(=O)NCCCN2CCOCC2)ccn1. The van der Waals surface area contributed by atoms with Crippen molar-refractivity contribution in [2.24, 2.45) is 0 Å². The van der Waals surface area contributed by atoms with Gasteiger partial charge in [-0.2, -0.15) is 0 Å². The van der Waals surface area contributed by atoms with Gasteiger partial charge < -0.3 is 20.1 Å². The minimum atomic E-state index is -0.151. The number of rotatable bonds is 8. The smallest absolute Gasteiger partial charge is 0.315 e. The van der Waals surface area contributed by atoms with Crippen LogP contribution < -0.4 is 15.4 Å². The summed E-state index contributed by atoms with van der Waals surface area (Å²) in [5.41, 5.74) is 0.965. The normalized spacial score (nSPS) is 15.2.